The van der Waals surface area contributed by atoms with Crippen LogP contribution in [-0.2, 0) is 9.59 Å². The highest BCUT2D eigenvalue weighted by atomic mass is 32.2. The maximum atomic E-state index is 12.5. The molecule has 0 spiro atoms. The van der Waals surface area contributed by atoms with E-state index in [0.717, 1.165) is 9.80 Å². The summed E-state index contributed by atoms with van der Waals surface area (Å²) in [6, 6.07) is 12.9. The van der Waals surface area contributed by atoms with E-state index in [9.17, 15) is 24.5 Å². The predicted molar refractivity (Wildman–Crippen MR) is 113 cm³/mol. The van der Waals surface area contributed by atoms with Crippen molar-refractivity contribution in [2.75, 3.05) is 18.1 Å². The van der Waals surface area contributed by atoms with Gasteiger partial charge in [-0.2, -0.15) is 0 Å². The van der Waals surface area contributed by atoms with Gasteiger partial charge in [-0.25, -0.2) is 0 Å². The number of anilines is 1. The molecule has 1 saturated heterocycles. The Kier molecular flexibility index (Phi) is 6.35. The molecule has 0 saturated carbocycles. The molecule has 1 aliphatic rings. The maximum absolute atomic E-state index is 12.5. The van der Waals surface area contributed by atoms with Crippen LogP contribution in [0, 0.1) is 10.1 Å². The van der Waals surface area contributed by atoms with E-state index in [2.05, 4.69) is 5.32 Å². The molecule has 0 atom stereocenters. The summed E-state index contributed by atoms with van der Waals surface area (Å²) < 4.78 is 0. The summed E-state index contributed by atoms with van der Waals surface area (Å²) in [6.45, 7) is -0.416. The molecule has 1 heterocycles. The number of hydrogen-bond donors (Lipinski definition) is 1. The van der Waals surface area contributed by atoms with Crippen molar-refractivity contribution >= 4 is 58.0 Å². The molecule has 1 aliphatic heterocycles. The normalized spacial score (nSPS) is 15.1. The van der Waals surface area contributed by atoms with Crippen molar-refractivity contribution < 1.29 is 19.3 Å². The molecule has 0 radical (unpaired) electrons. The molecule has 29 heavy (non-hydrogen) atoms. The minimum atomic E-state index is -0.612. The molecule has 3 rings (SSSR count). The average molecular weight is 429 g/mol. The van der Waals surface area contributed by atoms with Gasteiger partial charge in [0, 0.05) is 22.7 Å². The lowest BCUT2D eigenvalue weighted by atomic mass is 10.2. The van der Waals surface area contributed by atoms with Crippen LogP contribution < -0.4 is 5.32 Å². The number of hydrogen-bond acceptors (Lipinski definition) is 7. The van der Waals surface area contributed by atoms with Gasteiger partial charge in [0.2, 0.25) is 5.91 Å². The number of nitro groups is 1. The van der Waals surface area contributed by atoms with Gasteiger partial charge in [0.05, 0.1) is 9.83 Å². The van der Waals surface area contributed by atoms with Crippen LogP contribution in [0.2, 0.25) is 0 Å². The minimum absolute atomic E-state index is 0.104. The zero-order valence-electron chi connectivity index (χ0n) is 15.2. The lowest BCUT2D eigenvalue weighted by molar-refractivity contribution is -0.384. The quantitative estimate of drug-likeness (QED) is 0.320. The molecular formula is C19H15N3O5S2. The predicted octanol–water partition coefficient (Wildman–Crippen LogP) is 3.99. The highest BCUT2D eigenvalue weighted by Crippen LogP contribution is 2.32. The van der Waals surface area contributed by atoms with Crippen LogP contribution in [0.15, 0.2) is 58.3 Å². The van der Waals surface area contributed by atoms with Crippen LogP contribution in [0.1, 0.15) is 5.56 Å². The van der Waals surface area contributed by atoms with Gasteiger partial charge in [0.1, 0.15) is 6.54 Å². The van der Waals surface area contributed by atoms with Crippen LogP contribution in [0.25, 0.3) is 6.08 Å². The molecule has 10 heteroatoms. The topological polar surface area (TPSA) is 110 Å². The third-order valence-corrected chi connectivity index (χ3v) is 5.54. The van der Waals surface area contributed by atoms with Gasteiger partial charge >= 0.3 is 0 Å². The second kappa shape index (κ2) is 8.93. The number of carbonyl (C=O) groups excluding carboxylic acids is 3. The van der Waals surface area contributed by atoms with Gasteiger partial charge in [0.15, 0.2) is 0 Å². The SMILES string of the molecule is CSc1cccc(NC(=O)CN2C(=O)S/C(=C/c3cccc([N+](=O)[O-])c3)C2=O)c1. The summed E-state index contributed by atoms with van der Waals surface area (Å²) in [5, 5.41) is 13.0. The van der Waals surface area contributed by atoms with Gasteiger partial charge in [-0.1, -0.05) is 18.2 Å². The van der Waals surface area contributed by atoms with Crippen molar-refractivity contribution in [3.63, 3.8) is 0 Å². The monoisotopic (exact) mass is 429 g/mol. The highest BCUT2D eigenvalue weighted by Gasteiger charge is 2.36. The summed E-state index contributed by atoms with van der Waals surface area (Å²) >= 11 is 2.22. The molecule has 0 aliphatic carbocycles. The van der Waals surface area contributed by atoms with E-state index >= 15 is 0 Å². The number of non-ortho nitro benzene ring substituents is 1. The summed E-state index contributed by atoms with van der Waals surface area (Å²) in [4.78, 5) is 49.2. The third-order valence-electron chi connectivity index (χ3n) is 3.91. The van der Waals surface area contributed by atoms with Crippen LogP contribution in [0.5, 0.6) is 0 Å². The first-order valence-corrected chi connectivity index (χ1v) is 10.4. The first kappa shape index (κ1) is 20.6. The van der Waals surface area contributed by atoms with E-state index in [-0.39, 0.29) is 10.6 Å². The minimum Gasteiger partial charge on any atom is -0.324 e. The van der Waals surface area contributed by atoms with E-state index < -0.39 is 28.5 Å². The fraction of sp³-hybridized carbons (Fsp3) is 0.105. The zero-order valence-corrected chi connectivity index (χ0v) is 16.8. The Morgan fingerprint density at radius 2 is 2.00 bits per heavy atom. The summed E-state index contributed by atoms with van der Waals surface area (Å²) in [6.07, 6.45) is 3.31. The molecule has 148 valence electrons. The largest absolute Gasteiger partial charge is 0.324 e. The third kappa shape index (κ3) is 5.04. The molecule has 1 fully saturated rings. The second-order valence-electron chi connectivity index (χ2n) is 5.90. The molecule has 0 bridgehead atoms. The van der Waals surface area contributed by atoms with E-state index in [1.54, 1.807) is 24.3 Å². The molecular weight excluding hydrogens is 414 g/mol. The smallest absolute Gasteiger partial charge is 0.294 e. The summed E-state index contributed by atoms with van der Waals surface area (Å²) in [5.74, 6) is -1.11. The van der Waals surface area contributed by atoms with E-state index in [0.29, 0.717) is 23.0 Å². The Labute approximate surface area is 174 Å². The number of carbonyl (C=O) groups is 3. The van der Waals surface area contributed by atoms with E-state index in [4.69, 9.17) is 0 Å². The Hall–Kier alpha value is -3.11. The number of imide groups is 1. The number of amides is 3. The number of nitrogens with zero attached hydrogens (tertiary/aromatic N) is 2. The van der Waals surface area contributed by atoms with Crippen LogP contribution >= 0.6 is 23.5 Å². The molecule has 0 unspecified atom stereocenters. The second-order valence-corrected chi connectivity index (χ2v) is 7.77. The molecule has 3 amide bonds. The molecule has 8 nitrogen and oxygen atoms in total. The molecule has 2 aromatic rings. The number of nitrogens with one attached hydrogen (secondary N) is 1. The average Bonchev–Trinajstić information content (AvgIpc) is 2.95. The Bertz CT molecular complexity index is 1040. The van der Waals surface area contributed by atoms with Gasteiger partial charge in [-0.15, -0.1) is 11.8 Å². The Morgan fingerprint density at radius 1 is 1.24 bits per heavy atom. The fourth-order valence-corrected chi connectivity index (χ4v) is 3.86. The van der Waals surface area contributed by atoms with Gasteiger partial charge in [0.25, 0.3) is 16.8 Å². The van der Waals surface area contributed by atoms with Gasteiger partial charge in [-0.3, -0.25) is 29.4 Å². The fourth-order valence-electron chi connectivity index (χ4n) is 2.56. The number of benzene rings is 2. The van der Waals surface area contributed by atoms with Crippen molar-refractivity contribution in [3.8, 4) is 0 Å². The lowest BCUT2D eigenvalue weighted by Crippen LogP contribution is -2.36. The Balaban J connectivity index is 1.71. The summed E-state index contributed by atoms with van der Waals surface area (Å²) in [5.41, 5.74) is 0.869. The first-order valence-electron chi connectivity index (χ1n) is 8.31. The van der Waals surface area contributed by atoms with Crippen molar-refractivity contribution in [1.82, 2.24) is 4.90 Å². The van der Waals surface area contributed by atoms with Crippen molar-refractivity contribution in [2.24, 2.45) is 0 Å². The highest BCUT2D eigenvalue weighted by molar-refractivity contribution is 8.18. The zero-order chi connectivity index (χ0) is 21.0. The van der Waals surface area contributed by atoms with Crippen molar-refractivity contribution in [2.45, 2.75) is 4.90 Å². The molecule has 1 N–H and O–H groups in total. The van der Waals surface area contributed by atoms with Crippen molar-refractivity contribution in [3.05, 3.63) is 69.1 Å². The maximum Gasteiger partial charge on any atom is 0.294 e. The standard InChI is InChI=1S/C19H15N3O5S2/c1-28-15-7-3-5-13(10-15)20-17(23)11-21-18(24)16(29-19(21)25)9-12-4-2-6-14(8-12)22(26)27/h2-10H,11H2,1H3,(H,20,23)/b16-9+. The Morgan fingerprint density at radius 3 is 2.72 bits per heavy atom. The molecule has 0 aromatic heterocycles. The van der Waals surface area contributed by atoms with Gasteiger partial charge in [-0.05, 0) is 47.9 Å². The molecule has 2 aromatic carbocycles. The van der Waals surface area contributed by atoms with E-state index in [1.165, 1.54) is 36.0 Å². The van der Waals surface area contributed by atoms with Crippen LogP contribution in [0.4, 0.5) is 16.2 Å². The van der Waals surface area contributed by atoms with Crippen LogP contribution in [-0.4, -0.2) is 39.7 Å². The van der Waals surface area contributed by atoms with Crippen LogP contribution in [0.3, 0.4) is 0 Å². The number of nitro benzene ring substituents is 1. The number of rotatable bonds is 6. The number of thioether (sulfide) groups is 2. The van der Waals surface area contributed by atoms with Crippen molar-refractivity contribution in [1.29, 1.82) is 0 Å². The van der Waals surface area contributed by atoms with E-state index in [1.807, 2.05) is 12.3 Å². The lowest BCUT2D eigenvalue weighted by Gasteiger charge is -2.12. The first-order chi connectivity index (χ1) is 13.9. The van der Waals surface area contributed by atoms with Gasteiger partial charge < -0.3 is 5.32 Å². The summed E-state index contributed by atoms with van der Waals surface area (Å²) in [7, 11) is 0.